The summed E-state index contributed by atoms with van der Waals surface area (Å²) in [5.41, 5.74) is 2.27. The number of halogens is 1. The number of para-hydroxylation sites is 1. The average Bonchev–Trinajstić information content (AvgIpc) is 2.76. The summed E-state index contributed by atoms with van der Waals surface area (Å²) in [6.07, 6.45) is 0. The van der Waals surface area contributed by atoms with Gasteiger partial charge in [-0.3, -0.25) is 9.69 Å². The van der Waals surface area contributed by atoms with E-state index in [9.17, 15) is 19.5 Å². The monoisotopic (exact) mass is 451 g/mol. The summed E-state index contributed by atoms with van der Waals surface area (Å²) in [6, 6.07) is 20.1. The van der Waals surface area contributed by atoms with Crippen LogP contribution in [0.4, 0.5) is 16.2 Å². The third-order valence-corrected chi connectivity index (χ3v) is 4.87. The van der Waals surface area contributed by atoms with Gasteiger partial charge in [-0.1, -0.05) is 54.1 Å². The van der Waals surface area contributed by atoms with Crippen LogP contribution in [0.5, 0.6) is 0 Å². The van der Waals surface area contributed by atoms with E-state index < -0.39 is 30.5 Å². The van der Waals surface area contributed by atoms with Crippen molar-refractivity contribution in [3.8, 4) is 0 Å². The zero-order chi connectivity index (χ0) is 23.1. The van der Waals surface area contributed by atoms with Crippen LogP contribution < -0.4 is 15.5 Å². The van der Waals surface area contributed by atoms with Gasteiger partial charge in [0.1, 0.15) is 0 Å². The first kappa shape index (κ1) is 22.8. The minimum atomic E-state index is -1.33. The molecule has 0 bridgehead atoms. The SMILES string of the molecule is Cc1cccc(NC(=O)NCC(=O)N(c2ccccc2)[C@H](C(=O)O)c2cccc(Cl)c2)c1. The Morgan fingerprint density at radius 3 is 2.34 bits per heavy atom. The van der Waals surface area contributed by atoms with E-state index in [1.807, 2.05) is 13.0 Å². The highest BCUT2D eigenvalue weighted by Crippen LogP contribution is 2.29. The molecule has 0 radical (unpaired) electrons. The first-order valence-corrected chi connectivity index (χ1v) is 10.2. The van der Waals surface area contributed by atoms with E-state index in [0.29, 0.717) is 22.0 Å². The molecule has 0 unspecified atom stereocenters. The number of nitrogens with one attached hydrogen (secondary N) is 2. The number of carboxylic acid groups (broad SMARTS) is 1. The van der Waals surface area contributed by atoms with Crippen molar-refractivity contribution in [2.75, 3.05) is 16.8 Å². The fourth-order valence-electron chi connectivity index (χ4n) is 3.24. The summed E-state index contributed by atoms with van der Waals surface area (Å²) in [6.45, 7) is 1.49. The van der Waals surface area contributed by atoms with Crippen LogP contribution in [0, 0.1) is 6.92 Å². The van der Waals surface area contributed by atoms with Crippen LogP contribution in [0.2, 0.25) is 5.02 Å². The summed E-state index contributed by atoms with van der Waals surface area (Å²) < 4.78 is 0. The first-order chi connectivity index (χ1) is 15.3. The van der Waals surface area contributed by atoms with E-state index in [4.69, 9.17) is 11.6 Å². The van der Waals surface area contributed by atoms with Crippen LogP contribution in [0.25, 0.3) is 0 Å². The molecule has 3 amide bonds. The van der Waals surface area contributed by atoms with Crippen LogP contribution >= 0.6 is 11.6 Å². The minimum absolute atomic E-state index is 0.339. The molecule has 0 aliphatic carbocycles. The molecule has 0 fully saturated rings. The molecule has 0 saturated carbocycles. The second kappa shape index (κ2) is 10.5. The quantitative estimate of drug-likeness (QED) is 0.487. The van der Waals surface area contributed by atoms with Gasteiger partial charge in [0.05, 0.1) is 6.54 Å². The number of carbonyl (C=O) groups is 3. The van der Waals surface area contributed by atoms with Crippen molar-refractivity contribution in [3.05, 3.63) is 95.0 Å². The summed E-state index contributed by atoms with van der Waals surface area (Å²) in [7, 11) is 0. The molecule has 3 aromatic carbocycles. The number of carboxylic acids is 1. The highest BCUT2D eigenvalue weighted by Gasteiger charge is 2.32. The lowest BCUT2D eigenvalue weighted by Crippen LogP contribution is -2.45. The molecule has 3 N–H and O–H groups in total. The molecule has 0 saturated heterocycles. The molecule has 7 nitrogen and oxygen atoms in total. The highest BCUT2D eigenvalue weighted by atomic mass is 35.5. The molecule has 3 aromatic rings. The molecule has 0 heterocycles. The number of aliphatic carboxylic acids is 1. The Labute approximate surface area is 190 Å². The van der Waals surface area contributed by atoms with Crippen LogP contribution in [-0.2, 0) is 9.59 Å². The Kier molecular flexibility index (Phi) is 7.46. The fourth-order valence-corrected chi connectivity index (χ4v) is 3.44. The number of rotatable bonds is 7. The van der Waals surface area contributed by atoms with Crippen LogP contribution in [0.3, 0.4) is 0 Å². The van der Waals surface area contributed by atoms with E-state index in [1.54, 1.807) is 66.7 Å². The lowest BCUT2D eigenvalue weighted by Gasteiger charge is -2.29. The van der Waals surface area contributed by atoms with Crippen LogP contribution in [0.15, 0.2) is 78.9 Å². The van der Waals surface area contributed by atoms with E-state index >= 15 is 0 Å². The number of hydrogen-bond donors (Lipinski definition) is 3. The van der Waals surface area contributed by atoms with Gasteiger partial charge >= 0.3 is 12.0 Å². The Morgan fingerprint density at radius 2 is 1.69 bits per heavy atom. The fraction of sp³-hybridized carbons (Fsp3) is 0.125. The zero-order valence-electron chi connectivity index (χ0n) is 17.3. The van der Waals surface area contributed by atoms with Gasteiger partial charge in [0, 0.05) is 16.4 Å². The van der Waals surface area contributed by atoms with Crippen molar-refractivity contribution in [2.24, 2.45) is 0 Å². The minimum Gasteiger partial charge on any atom is -0.479 e. The maximum absolute atomic E-state index is 13.1. The maximum atomic E-state index is 13.1. The van der Waals surface area contributed by atoms with Gasteiger partial charge in [-0.05, 0) is 54.4 Å². The summed E-state index contributed by atoms with van der Waals surface area (Å²) in [5.74, 6) is -1.82. The average molecular weight is 452 g/mol. The standard InChI is InChI=1S/C24H22ClN3O4/c1-16-7-5-10-19(13-16)27-24(32)26-15-21(29)28(20-11-3-2-4-12-20)22(23(30)31)17-8-6-9-18(25)14-17/h2-14,22H,15H2,1H3,(H,30,31)(H2,26,27,32)/t22-/m0/s1. The molecule has 0 spiro atoms. The zero-order valence-corrected chi connectivity index (χ0v) is 18.0. The number of nitrogens with zero attached hydrogens (tertiary/aromatic N) is 1. The molecule has 3 rings (SSSR count). The largest absolute Gasteiger partial charge is 0.479 e. The Balaban J connectivity index is 1.83. The van der Waals surface area contributed by atoms with Crippen molar-refractivity contribution < 1.29 is 19.5 Å². The maximum Gasteiger partial charge on any atom is 0.331 e. The molecular formula is C24H22ClN3O4. The number of hydrogen-bond acceptors (Lipinski definition) is 3. The van der Waals surface area contributed by atoms with Crippen molar-refractivity contribution in [3.63, 3.8) is 0 Å². The Hall–Kier alpha value is -3.84. The van der Waals surface area contributed by atoms with Crippen LogP contribution in [0.1, 0.15) is 17.2 Å². The predicted octanol–water partition coefficient (Wildman–Crippen LogP) is 4.63. The highest BCUT2D eigenvalue weighted by molar-refractivity contribution is 6.30. The Bertz CT molecular complexity index is 1120. The third kappa shape index (κ3) is 5.86. The molecular weight excluding hydrogens is 430 g/mol. The van der Waals surface area contributed by atoms with E-state index in [0.717, 1.165) is 10.5 Å². The van der Waals surface area contributed by atoms with Gasteiger partial charge in [-0.2, -0.15) is 0 Å². The van der Waals surface area contributed by atoms with Gasteiger partial charge in [0.15, 0.2) is 6.04 Å². The number of carbonyl (C=O) groups excluding carboxylic acids is 2. The lowest BCUT2D eigenvalue weighted by atomic mass is 10.0. The normalized spacial score (nSPS) is 11.3. The summed E-state index contributed by atoms with van der Waals surface area (Å²) in [5, 5.41) is 15.5. The van der Waals surface area contributed by atoms with E-state index in [2.05, 4.69) is 10.6 Å². The number of benzene rings is 3. The predicted molar refractivity (Wildman–Crippen MR) is 124 cm³/mol. The number of amides is 3. The van der Waals surface area contributed by atoms with Crippen LogP contribution in [-0.4, -0.2) is 29.6 Å². The molecule has 8 heteroatoms. The molecule has 164 valence electrons. The molecule has 1 atom stereocenters. The number of aryl methyl sites for hydroxylation is 1. The summed E-state index contributed by atoms with van der Waals surface area (Å²) >= 11 is 6.05. The molecule has 0 aliphatic rings. The van der Waals surface area contributed by atoms with Crippen molar-refractivity contribution in [1.29, 1.82) is 0 Å². The smallest absolute Gasteiger partial charge is 0.331 e. The second-order valence-electron chi connectivity index (χ2n) is 7.07. The topological polar surface area (TPSA) is 98.7 Å². The lowest BCUT2D eigenvalue weighted by molar-refractivity contribution is -0.140. The van der Waals surface area contributed by atoms with Gasteiger partial charge < -0.3 is 15.7 Å². The van der Waals surface area contributed by atoms with Gasteiger partial charge in [-0.25, -0.2) is 9.59 Å². The van der Waals surface area contributed by atoms with Crippen molar-refractivity contribution in [1.82, 2.24) is 5.32 Å². The van der Waals surface area contributed by atoms with Crippen molar-refractivity contribution in [2.45, 2.75) is 13.0 Å². The molecule has 32 heavy (non-hydrogen) atoms. The summed E-state index contributed by atoms with van der Waals surface area (Å²) in [4.78, 5) is 38.8. The van der Waals surface area contributed by atoms with E-state index in [-0.39, 0.29) is 0 Å². The third-order valence-electron chi connectivity index (χ3n) is 4.64. The molecule has 0 aliphatic heterocycles. The van der Waals surface area contributed by atoms with Crippen molar-refractivity contribution >= 4 is 40.9 Å². The Morgan fingerprint density at radius 1 is 0.969 bits per heavy atom. The molecule has 0 aromatic heterocycles. The number of anilines is 2. The first-order valence-electron chi connectivity index (χ1n) is 9.82. The number of urea groups is 1. The van der Waals surface area contributed by atoms with Gasteiger partial charge in [0.2, 0.25) is 5.91 Å². The van der Waals surface area contributed by atoms with E-state index in [1.165, 1.54) is 6.07 Å². The van der Waals surface area contributed by atoms with Gasteiger partial charge in [0.25, 0.3) is 0 Å². The van der Waals surface area contributed by atoms with Gasteiger partial charge in [-0.15, -0.1) is 0 Å². The second-order valence-corrected chi connectivity index (χ2v) is 7.51.